The van der Waals surface area contributed by atoms with Crippen LogP contribution in [0.25, 0.3) is 6.08 Å². The summed E-state index contributed by atoms with van der Waals surface area (Å²) >= 11 is 0. The van der Waals surface area contributed by atoms with Crippen LogP contribution in [0, 0.1) is 0 Å². The van der Waals surface area contributed by atoms with Crippen molar-refractivity contribution in [3.63, 3.8) is 0 Å². The Labute approximate surface area is 149 Å². The first-order chi connectivity index (χ1) is 12.0. The SMILES string of the molecule is C=Cc1ccc(OCOS(=O)(=O)C(F)(F)C(F)(F)C(F)(F)S(=O)(=O)O)cc1. The smallest absolute Gasteiger partial charge is 0.439 e. The zero-order valence-corrected chi connectivity index (χ0v) is 14.4. The van der Waals surface area contributed by atoms with Crippen molar-refractivity contribution in [2.45, 2.75) is 16.4 Å². The molecule has 0 aliphatic heterocycles. The Morgan fingerprint density at radius 3 is 1.85 bits per heavy atom. The lowest BCUT2D eigenvalue weighted by molar-refractivity contribution is -0.248. The van der Waals surface area contributed by atoms with Gasteiger partial charge in [-0.25, -0.2) is 4.18 Å². The van der Waals surface area contributed by atoms with E-state index in [-0.39, 0.29) is 5.75 Å². The zero-order chi connectivity index (χ0) is 21.3. The maximum absolute atomic E-state index is 13.4. The van der Waals surface area contributed by atoms with Crippen LogP contribution < -0.4 is 4.74 Å². The summed E-state index contributed by atoms with van der Waals surface area (Å²) in [5.41, 5.74) is 0.578. The first kappa shape index (κ1) is 23.2. The fraction of sp³-hybridized carbons (Fsp3) is 0.333. The van der Waals surface area contributed by atoms with E-state index < -0.39 is 43.5 Å². The molecule has 0 unspecified atom stereocenters. The summed E-state index contributed by atoms with van der Waals surface area (Å²) in [6, 6.07) is 5.14. The minimum atomic E-state index is -7.10. The van der Waals surface area contributed by atoms with Gasteiger partial charge in [0.2, 0.25) is 6.79 Å². The Bertz CT molecular complexity index is 895. The molecule has 0 amide bonds. The monoisotopic (exact) mass is 444 g/mol. The number of alkyl halides is 6. The number of benzene rings is 1. The van der Waals surface area contributed by atoms with Crippen LogP contribution in [-0.2, 0) is 24.4 Å². The number of halogens is 6. The topological polar surface area (TPSA) is 107 Å². The van der Waals surface area contributed by atoms with Crippen LogP contribution in [0.15, 0.2) is 30.8 Å². The Kier molecular flexibility index (Phi) is 6.26. The van der Waals surface area contributed by atoms with E-state index in [1.165, 1.54) is 30.3 Å². The Hall–Kier alpha value is -1.84. The average Bonchev–Trinajstić information content (AvgIpc) is 2.53. The van der Waals surface area contributed by atoms with E-state index in [4.69, 9.17) is 4.55 Å². The number of hydrogen-bond acceptors (Lipinski definition) is 6. The van der Waals surface area contributed by atoms with Gasteiger partial charge in [0.05, 0.1) is 0 Å². The van der Waals surface area contributed by atoms with E-state index in [9.17, 15) is 43.2 Å². The summed E-state index contributed by atoms with van der Waals surface area (Å²) < 4.78 is 138. The normalized spacial score (nSPS) is 14.0. The molecule has 0 saturated heterocycles. The molecule has 0 fully saturated rings. The van der Waals surface area contributed by atoms with E-state index in [2.05, 4.69) is 15.5 Å². The van der Waals surface area contributed by atoms with Crippen molar-refractivity contribution in [2.24, 2.45) is 0 Å². The fourth-order valence-electron chi connectivity index (χ4n) is 1.42. The van der Waals surface area contributed by atoms with Crippen molar-refractivity contribution in [3.8, 4) is 5.75 Å². The van der Waals surface area contributed by atoms with Gasteiger partial charge < -0.3 is 4.74 Å². The molecule has 0 aliphatic rings. The second kappa shape index (κ2) is 7.29. The summed E-state index contributed by atoms with van der Waals surface area (Å²) in [6.45, 7) is 1.79. The average molecular weight is 444 g/mol. The van der Waals surface area contributed by atoms with Crippen molar-refractivity contribution in [1.29, 1.82) is 0 Å². The van der Waals surface area contributed by atoms with Crippen LogP contribution in [-0.4, -0.2) is 44.6 Å². The van der Waals surface area contributed by atoms with Crippen LogP contribution in [0.3, 0.4) is 0 Å². The maximum Gasteiger partial charge on any atom is 0.439 e. The third-order valence-electron chi connectivity index (χ3n) is 2.91. The third-order valence-corrected chi connectivity index (χ3v) is 5.11. The van der Waals surface area contributed by atoms with Crippen LogP contribution in [0.4, 0.5) is 26.3 Å². The molecule has 1 rings (SSSR count). The number of rotatable bonds is 9. The largest absolute Gasteiger partial charge is 0.466 e. The Morgan fingerprint density at radius 2 is 1.44 bits per heavy atom. The minimum absolute atomic E-state index is 0.172. The Balaban J connectivity index is 3.01. The molecule has 0 aliphatic carbocycles. The van der Waals surface area contributed by atoms with Gasteiger partial charge in [0.15, 0.2) is 0 Å². The number of ether oxygens (including phenoxy) is 1. The quantitative estimate of drug-likeness (QED) is 0.270. The van der Waals surface area contributed by atoms with Crippen LogP contribution in [0.1, 0.15) is 5.56 Å². The molecule has 0 atom stereocenters. The molecule has 0 heterocycles. The van der Waals surface area contributed by atoms with Crippen molar-refractivity contribution < 1.29 is 56.7 Å². The van der Waals surface area contributed by atoms with Gasteiger partial charge in [0.1, 0.15) is 5.75 Å². The summed E-state index contributed by atoms with van der Waals surface area (Å²) in [5, 5.41) is -13.6. The van der Waals surface area contributed by atoms with E-state index in [1.807, 2.05) is 0 Å². The molecular weight excluding hydrogens is 434 g/mol. The first-order valence-electron chi connectivity index (χ1n) is 6.36. The molecule has 0 bridgehead atoms. The molecule has 0 aromatic heterocycles. The van der Waals surface area contributed by atoms with Crippen LogP contribution in [0.2, 0.25) is 0 Å². The lowest BCUT2D eigenvalue weighted by Crippen LogP contribution is -2.60. The molecule has 15 heteroatoms. The van der Waals surface area contributed by atoms with Crippen molar-refractivity contribution >= 4 is 26.3 Å². The van der Waals surface area contributed by atoms with Gasteiger partial charge in [-0.3, -0.25) is 4.55 Å². The molecule has 154 valence electrons. The van der Waals surface area contributed by atoms with Crippen molar-refractivity contribution in [3.05, 3.63) is 36.4 Å². The summed E-state index contributed by atoms with van der Waals surface area (Å²) in [4.78, 5) is 0. The molecule has 0 saturated carbocycles. The third kappa shape index (κ3) is 4.20. The summed E-state index contributed by atoms with van der Waals surface area (Å²) in [6.07, 6.45) is 1.41. The fourth-order valence-corrected chi connectivity index (χ4v) is 2.70. The van der Waals surface area contributed by atoms with Crippen LogP contribution in [0.5, 0.6) is 5.75 Å². The summed E-state index contributed by atoms with van der Waals surface area (Å²) in [5.74, 6) is -7.24. The predicted octanol–water partition coefficient (Wildman–Crippen LogP) is 2.72. The molecular formula is C12H10F6O7S2. The van der Waals surface area contributed by atoms with Gasteiger partial charge >= 0.3 is 36.7 Å². The zero-order valence-electron chi connectivity index (χ0n) is 12.8. The van der Waals surface area contributed by atoms with Crippen molar-refractivity contribution in [2.75, 3.05) is 6.79 Å². The number of hydrogen-bond donors (Lipinski definition) is 1. The van der Waals surface area contributed by atoms with Gasteiger partial charge in [-0.15, -0.1) is 0 Å². The minimum Gasteiger partial charge on any atom is -0.466 e. The van der Waals surface area contributed by atoms with E-state index in [0.717, 1.165) is 0 Å². The standard InChI is InChI=1S/C12H10F6O7S2/c1-2-8-3-5-9(6-4-8)24-7-25-27(22,23)12(17,18)10(13,14)11(15,16)26(19,20)21/h2-6H,1,7H2,(H,19,20,21). The molecule has 1 aromatic carbocycles. The van der Waals surface area contributed by atoms with Crippen molar-refractivity contribution in [1.82, 2.24) is 0 Å². The predicted molar refractivity (Wildman–Crippen MR) is 78.4 cm³/mol. The van der Waals surface area contributed by atoms with Gasteiger partial charge in [-0.05, 0) is 17.7 Å². The van der Waals surface area contributed by atoms with Gasteiger partial charge in [0, 0.05) is 0 Å². The molecule has 7 nitrogen and oxygen atoms in total. The molecule has 0 radical (unpaired) electrons. The van der Waals surface area contributed by atoms with Gasteiger partial charge in [-0.2, -0.15) is 43.2 Å². The van der Waals surface area contributed by atoms with E-state index in [1.54, 1.807) is 0 Å². The lowest BCUT2D eigenvalue weighted by Gasteiger charge is -2.29. The highest BCUT2D eigenvalue weighted by molar-refractivity contribution is 7.88. The maximum atomic E-state index is 13.4. The van der Waals surface area contributed by atoms with Crippen LogP contribution >= 0.6 is 0 Å². The highest BCUT2D eigenvalue weighted by Gasteiger charge is 2.82. The van der Waals surface area contributed by atoms with Gasteiger partial charge in [0.25, 0.3) is 0 Å². The molecule has 27 heavy (non-hydrogen) atoms. The Morgan fingerprint density at radius 1 is 0.963 bits per heavy atom. The second-order valence-electron chi connectivity index (χ2n) is 4.69. The van der Waals surface area contributed by atoms with Gasteiger partial charge in [-0.1, -0.05) is 24.8 Å². The van der Waals surface area contributed by atoms with E-state index in [0.29, 0.717) is 5.56 Å². The summed E-state index contributed by atoms with van der Waals surface area (Å²) in [7, 11) is -13.9. The first-order valence-corrected chi connectivity index (χ1v) is 9.21. The highest BCUT2D eigenvalue weighted by atomic mass is 32.2. The molecule has 0 spiro atoms. The molecule has 1 N–H and O–H groups in total. The lowest BCUT2D eigenvalue weighted by atomic mass is 10.2. The molecule has 1 aromatic rings. The van der Waals surface area contributed by atoms with E-state index >= 15 is 0 Å². The second-order valence-corrected chi connectivity index (χ2v) is 7.81. The highest BCUT2D eigenvalue weighted by Crippen LogP contribution is 2.50.